The molecular formula is C11H17ClN2. The topological polar surface area (TPSA) is 17.8 Å². The van der Waals surface area contributed by atoms with Gasteiger partial charge in [-0.1, -0.05) is 19.3 Å². The van der Waals surface area contributed by atoms with E-state index in [-0.39, 0.29) is 0 Å². The molecule has 1 heterocycles. The van der Waals surface area contributed by atoms with E-state index in [9.17, 15) is 0 Å². The molecule has 1 aromatic rings. The van der Waals surface area contributed by atoms with Crippen LogP contribution < -0.4 is 0 Å². The molecular weight excluding hydrogens is 196 g/mol. The Hall–Kier alpha value is -0.500. The molecule has 1 aromatic heterocycles. The monoisotopic (exact) mass is 212 g/mol. The molecule has 0 amide bonds. The minimum absolute atomic E-state index is 0.582. The van der Waals surface area contributed by atoms with Crippen LogP contribution in [0.2, 0.25) is 0 Å². The van der Waals surface area contributed by atoms with Crippen LogP contribution in [0.5, 0.6) is 0 Å². The van der Waals surface area contributed by atoms with Crippen molar-refractivity contribution in [3.8, 4) is 0 Å². The van der Waals surface area contributed by atoms with Crippen molar-refractivity contribution >= 4 is 11.6 Å². The molecule has 78 valence electrons. The number of aromatic nitrogens is 2. The van der Waals surface area contributed by atoms with Crippen molar-refractivity contribution in [1.29, 1.82) is 0 Å². The van der Waals surface area contributed by atoms with Gasteiger partial charge in [0, 0.05) is 11.3 Å². The Morgan fingerprint density at radius 3 is 2.71 bits per heavy atom. The molecule has 14 heavy (non-hydrogen) atoms. The highest BCUT2D eigenvalue weighted by atomic mass is 35.5. The van der Waals surface area contributed by atoms with E-state index in [0.717, 1.165) is 0 Å². The highest BCUT2D eigenvalue weighted by Gasteiger charge is 2.18. The normalized spacial score (nSPS) is 18.7. The number of rotatable bonds is 2. The van der Waals surface area contributed by atoms with Crippen LogP contribution in [0.15, 0.2) is 6.20 Å². The molecule has 3 heteroatoms. The molecule has 2 nitrogen and oxygen atoms in total. The van der Waals surface area contributed by atoms with Crippen molar-refractivity contribution in [2.75, 3.05) is 0 Å². The van der Waals surface area contributed by atoms with Crippen molar-refractivity contribution in [2.45, 2.75) is 50.9 Å². The minimum Gasteiger partial charge on any atom is -0.267 e. The minimum atomic E-state index is 0.582. The Morgan fingerprint density at radius 1 is 1.43 bits per heavy atom. The van der Waals surface area contributed by atoms with Gasteiger partial charge in [-0.3, -0.25) is 4.68 Å². The van der Waals surface area contributed by atoms with Gasteiger partial charge in [0.1, 0.15) is 0 Å². The van der Waals surface area contributed by atoms with Crippen LogP contribution in [-0.2, 0) is 5.88 Å². The molecule has 0 aromatic carbocycles. The molecule has 0 unspecified atom stereocenters. The first-order valence-electron chi connectivity index (χ1n) is 5.42. The molecule has 0 aliphatic heterocycles. The Balaban J connectivity index is 2.18. The summed E-state index contributed by atoms with van der Waals surface area (Å²) in [6, 6.07) is 0.626. The van der Waals surface area contributed by atoms with Crippen molar-refractivity contribution in [3.05, 3.63) is 17.5 Å². The quantitative estimate of drug-likeness (QED) is 0.687. The third-order valence-corrected chi connectivity index (χ3v) is 3.50. The van der Waals surface area contributed by atoms with Gasteiger partial charge in [0.25, 0.3) is 0 Å². The fourth-order valence-corrected chi connectivity index (χ4v) is 2.55. The Labute approximate surface area is 90.3 Å². The maximum Gasteiger partial charge on any atom is 0.0536 e. The largest absolute Gasteiger partial charge is 0.267 e. The summed E-state index contributed by atoms with van der Waals surface area (Å²) in [5.41, 5.74) is 2.43. The fourth-order valence-electron chi connectivity index (χ4n) is 2.28. The van der Waals surface area contributed by atoms with Gasteiger partial charge in [0.15, 0.2) is 0 Å². The Bertz CT molecular complexity index is 300. The SMILES string of the molecule is Cc1c(CCl)cnn1C1CCCCC1. The lowest BCUT2D eigenvalue weighted by molar-refractivity contribution is 0.324. The third-order valence-electron chi connectivity index (χ3n) is 3.21. The number of hydrogen-bond donors (Lipinski definition) is 0. The molecule has 2 rings (SSSR count). The predicted octanol–water partition coefficient (Wildman–Crippen LogP) is 3.44. The van der Waals surface area contributed by atoms with Crippen LogP contribution in [-0.4, -0.2) is 9.78 Å². The predicted molar refractivity (Wildman–Crippen MR) is 58.6 cm³/mol. The summed E-state index contributed by atoms with van der Waals surface area (Å²) < 4.78 is 2.18. The zero-order chi connectivity index (χ0) is 9.97. The molecule has 0 radical (unpaired) electrons. The first-order chi connectivity index (χ1) is 6.83. The molecule has 0 spiro atoms. The summed E-state index contributed by atoms with van der Waals surface area (Å²) in [7, 11) is 0. The molecule has 0 N–H and O–H groups in total. The van der Waals surface area contributed by atoms with Crippen LogP contribution in [0.1, 0.15) is 49.4 Å². The molecule has 0 bridgehead atoms. The van der Waals surface area contributed by atoms with Gasteiger partial charge < -0.3 is 0 Å². The molecule has 1 aliphatic rings. The average Bonchev–Trinajstić information content (AvgIpc) is 2.61. The second-order valence-corrected chi connectivity index (χ2v) is 4.39. The van der Waals surface area contributed by atoms with Gasteiger partial charge in [0.2, 0.25) is 0 Å². The van der Waals surface area contributed by atoms with Gasteiger partial charge in [-0.25, -0.2) is 0 Å². The van der Waals surface area contributed by atoms with Gasteiger partial charge in [-0.2, -0.15) is 5.10 Å². The fraction of sp³-hybridized carbons (Fsp3) is 0.727. The van der Waals surface area contributed by atoms with E-state index >= 15 is 0 Å². The standard InChI is InChI=1S/C11H17ClN2/c1-9-10(7-12)8-13-14(9)11-5-3-2-4-6-11/h8,11H,2-7H2,1H3. The molecule has 0 saturated heterocycles. The Kier molecular flexibility index (Phi) is 3.12. The maximum atomic E-state index is 5.83. The summed E-state index contributed by atoms with van der Waals surface area (Å²) in [5, 5.41) is 4.44. The maximum absolute atomic E-state index is 5.83. The van der Waals surface area contributed by atoms with Gasteiger partial charge in [0.05, 0.1) is 18.1 Å². The lowest BCUT2D eigenvalue weighted by Gasteiger charge is -2.23. The number of hydrogen-bond acceptors (Lipinski definition) is 1. The molecule has 1 fully saturated rings. The first-order valence-corrected chi connectivity index (χ1v) is 5.95. The second kappa shape index (κ2) is 4.35. The smallest absolute Gasteiger partial charge is 0.0536 e. The van der Waals surface area contributed by atoms with E-state index in [4.69, 9.17) is 11.6 Å². The van der Waals surface area contributed by atoms with Crippen LogP contribution in [0.4, 0.5) is 0 Å². The van der Waals surface area contributed by atoms with E-state index in [1.807, 2.05) is 6.20 Å². The second-order valence-electron chi connectivity index (χ2n) is 4.13. The summed E-state index contributed by atoms with van der Waals surface area (Å²) in [4.78, 5) is 0. The number of halogens is 1. The van der Waals surface area contributed by atoms with Crippen molar-refractivity contribution in [2.24, 2.45) is 0 Å². The van der Waals surface area contributed by atoms with Crippen LogP contribution in [0.3, 0.4) is 0 Å². The van der Waals surface area contributed by atoms with Crippen LogP contribution in [0, 0.1) is 6.92 Å². The van der Waals surface area contributed by atoms with E-state index in [0.29, 0.717) is 11.9 Å². The highest BCUT2D eigenvalue weighted by molar-refractivity contribution is 6.17. The molecule has 0 atom stereocenters. The summed E-state index contributed by atoms with van der Waals surface area (Å²) in [6.07, 6.45) is 8.56. The van der Waals surface area contributed by atoms with Crippen molar-refractivity contribution in [1.82, 2.24) is 9.78 Å². The van der Waals surface area contributed by atoms with E-state index in [1.165, 1.54) is 43.4 Å². The lowest BCUT2D eigenvalue weighted by Crippen LogP contribution is -2.15. The van der Waals surface area contributed by atoms with E-state index in [2.05, 4.69) is 16.7 Å². The van der Waals surface area contributed by atoms with Gasteiger partial charge >= 0.3 is 0 Å². The summed E-state index contributed by atoms with van der Waals surface area (Å²) in [6.45, 7) is 2.12. The van der Waals surface area contributed by atoms with E-state index < -0.39 is 0 Å². The molecule has 1 aliphatic carbocycles. The Morgan fingerprint density at radius 2 is 2.14 bits per heavy atom. The van der Waals surface area contributed by atoms with Crippen LogP contribution in [0.25, 0.3) is 0 Å². The third kappa shape index (κ3) is 1.81. The van der Waals surface area contributed by atoms with Crippen LogP contribution >= 0.6 is 11.6 Å². The lowest BCUT2D eigenvalue weighted by atomic mass is 9.95. The van der Waals surface area contributed by atoms with Crippen molar-refractivity contribution in [3.63, 3.8) is 0 Å². The van der Waals surface area contributed by atoms with Gasteiger partial charge in [-0.15, -0.1) is 11.6 Å². The zero-order valence-corrected chi connectivity index (χ0v) is 9.43. The summed E-state index contributed by atoms with van der Waals surface area (Å²) >= 11 is 5.83. The molecule has 1 saturated carbocycles. The number of nitrogens with zero attached hydrogens (tertiary/aromatic N) is 2. The summed E-state index contributed by atoms with van der Waals surface area (Å²) in [5.74, 6) is 0.582. The van der Waals surface area contributed by atoms with Gasteiger partial charge in [-0.05, 0) is 19.8 Å². The van der Waals surface area contributed by atoms with E-state index in [1.54, 1.807) is 0 Å². The van der Waals surface area contributed by atoms with Crippen molar-refractivity contribution < 1.29 is 0 Å². The average molecular weight is 213 g/mol. The number of alkyl halides is 1. The highest BCUT2D eigenvalue weighted by Crippen LogP contribution is 2.29. The first kappa shape index (κ1) is 10.0. The zero-order valence-electron chi connectivity index (χ0n) is 8.67.